The molecular formula is C7H13NO5S. The largest absolute Gasteiger partial charge is 0.544 e. The van der Waals surface area contributed by atoms with Crippen molar-refractivity contribution in [3.8, 4) is 0 Å². The van der Waals surface area contributed by atoms with E-state index in [1.165, 1.54) is 12.4 Å². The molecule has 0 aromatic heterocycles. The van der Waals surface area contributed by atoms with Crippen LogP contribution in [-0.2, 0) is 19.4 Å². The van der Waals surface area contributed by atoms with Gasteiger partial charge >= 0.3 is 0 Å². The van der Waals surface area contributed by atoms with E-state index >= 15 is 0 Å². The standard InChI is InChI=1S/C7H13NO5S/c1-13-6-4-14(11,12)3-5(6)8-2-7(9)10/h5-6,8H,2-4H2,1H3,(H,9,10)/t5-,6+/m0/s1. The Balaban J connectivity index is 2.55. The van der Waals surface area contributed by atoms with Crippen LogP contribution in [0.5, 0.6) is 0 Å². The van der Waals surface area contributed by atoms with E-state index in [2.05, 4.69) is 0 Å². The summed E-state index contributed by atoms with van der Waals surface area (Å²) >= 11 is 0. The average Bonchev–Trinajstić information content (AvgIpc) is 2.37. The van der Waals surface area contributed by atoms with Gasteiger partial charge in [-0.15, -0.1) is 0 Å². The first-order valence-corrected chi connectivity index (χ1v) is 6.03. The van der Waals surface area contributed by atoms with Gasteiger partial charge in [0.2, 0.25) is 0 Å². The number of carboxylic acids is 1. The molecule has 0 aromatic rings. The summed E-state index contributed by atoms with van der Waals surface area (Å²) in [4.78, 5) is 10.2. The van der Waals surface area contributed by atoms with E-state index in [1.54, 1.807) is 0 Å². The maximum absolute atomic E-state index is 11.2. The van der Waals surface area contributed by atoms with Crippen LogP contribution in [0.15, 0.2) is 0 Å². The summed E-state index contributed by atoms with van der Waals surface area (Å²) in [5, 5.41) is 11.6. The average molecular weight is 223 g/mol. The van der Waals surface area contributed by atoms with E-state index in [0.717, 1.165) is 0 Å². The molecule has 1 fully saturated rings. The van der Waals surface area contributed by atoms with Crippen molar-refractivity contribution < 1.29 is 28.4 Å². The van der Waals surface area contributed by atoms with Crippen molar-refractivity contribution in [1.29, 1.82) is 0 Å². The molecule has 0 spiro atoms. The Labute approximate surface area is 82.2 Å². The summed E-state index contributed by atoms with van der Waals surface area (Å²) in [6.45, 7) is -0.236. The molecule has 0 saturated carbocycles. The first kappa shape index (κ1) is 11.4. The zero-order valence-corrected chi connectivity index (χ0v) is 8.62. The normalized spacial score (nSPS) is 30.4. The topological polar surface area (TPSA) is 100 Å². The lowest BCUT2D eigenvalue weighted by molar-refractivity contribution is -0.685. The van der Waals surface area contributed by atoms with E-state index < -0.39 is 21.9 Å². The minimum atomic E-state index is -3.07. The lowest BCUT2D eigenvalue weighted by Crippen LogP contribution is -2.94. The van der Waals surface area contributed by atoms with E-state index in [4.69, 9.17) is 4.74 Å². The fourth-order valence-corrected chi connectivity index (χ4v) is 3.51. The third-order valence-electron chi connectivity index (χ3n) is 2.23. The number of rotatable bonds is 4. The summed E-state index contributed by atoms with van der Waals surface area (Å²) in [5.41, 5.74) is 0. The quantitative estimate of drug-likeness (QED) is 0.525. The van der Waals surface area contributed by atoms with Gasteiger partial charge in [-0.25, -0.2) is 8.42 Å². The number of hydrogen-bond acceptors (Lipinski definition) is 5. The molecule has 14 heavy (non-hydrogen) atoms. The van der Waals surface area contributed by atoms with Gasteiger partial charge in [0.05, 0.1) is 11.7 Å². The minimum absolute atomic E-state index is 0.0290. The minimum Gasteiger partial charge on any atom is -0.544 e. The van der Waals surface area contributed by atoms with Gasteiger partial charge in [0.25, 0.3) is 0 Å². The van der Waals surface area contributed by atoms with Gasteiger partial charge in [-0.1, -0.05) is 0 Å². The van der Waals surface area contributed by atoms with Crippen LogP contribution in [-0.4, -0.2) is 51.7 Å². The van der Waals surface area contributed by atoms with Crippen molar-refractivity contribution in [2.24, 2.45) is 0 Å². The molecule has 2 N–H and O–H groups in total. The number of hydrogen-bond donors (Lipinski definition) is 1. The molecule has 0 unspecified atom stereocenters. The molecule has 0 aromatic carbocycles. The summed E-state index contributed by atoms with van der Waals surface area (Å²) in [5.74, 6) is -1.26. The van der Waals surface area contributed by atoms with Gasteiger partial charge in [-0.2, -0.15) is 0 Å². The summed E-state index contributed by atoms with van der Waals surface area (Å²) in [6.07, 6.45) is -0.417. The first-order chi connectivity index (χ1) is 6.44. The zero-order chi connectivity index (χ0) is 10.8. The second kappa shape index (κ2) is 4.24. The van der Waals surface area contributed by atoms with Crippen molar-refractivity contribution >= 4 is 15.8 Å². The van der Waals surface area contributed by atoms with Crippen LogP contribution in [0.25, 0.3) is 0 Å². The lowest BCUT2D eigenvalue weighted by Gasteiger charge is -2.14. The molecule has 0 bridgehead atoms. The highest BCUT2D eigenvalue weighted by Crippen LogP contribution is 2.12. The number of ether oxygens (including phenoxy) is 1. The predicted molar refractivity (Wildman–Crippen MR) is 45.0 cm³/mol. The summed E-state index contributed by atoms with van der Waals surface area (Å²) < 4.78 is 27.4. The molecule has 0 radical (unpaired) electrons. The number of carboxylic acid groups (broad SMARTS) is 1. The Morgan fingerprint density at radius 3 is 2.71 bits per heavy atom. The van der Waals surface area contributed by atoms with E-state index in [1.807, 2.05) is 0 Å². The highest BCUT2D eigenvalue weighted by Gasteiger charge is 2.40. The SMILES string of the molecule is CO[C@@H]1CS(=O)(=O)C[C@@H]1[NH2+]CC(=O)[O-]. The molecule has 0 amide bonds. The zero-order valence-electron chi connectivity index (χ0n) is 7.80. The van der Waals surface area contributed by atoms with Crippen molar-refractivity contribution in [1.82, 2.24) is 0 Å². The van der Waals surface area contributed by atoms with Crippen LogP contribution in [0.1, 0.15) is 0 Å². The predicted octanol–water partition coefficient (Wildman–Crippen LogP) is -3.89. The van der Waals surface area contributed by atoms with Crippen molar-refractivity contribution in [3.05, 3.63) is 0 Å². The van der Waals surface area contributed by atoms with Crippen LogP contribution in [0.3, 0.4) is 0 Å². The molecule has 82 valence electrons. The Hall–Kier alpha value is -0.660. The van der Waals surface area contributed by atoms with E-state index in [0.29, 0.717) is 0 Å². The van der Waals surface area contributed by atoms with Crippen molar-refractivity contribution in [2.75, 3.05) is 25.2 Å². The van der Waals surface area contributed by atoms with Crippen LogP contribution in [0, 0.1) is 0 Å². The first-order valence-electron chi connectivity index (χ1n) is 4.21. The fourth-order valence-electron chi connectivity index (χ4n) is 1.55. The van der Waals surface area contributed by atoms with Crippen LogP contribution in [0.4, 0.5) is 0 Å². The molecule has 2 atom stereocenters. The van der Waals surface area contributed by atoms with Gasteiger partial charge in [0, 0.05) is 7.11 Å². The fraction of sp³-hybridized carbons (Fsp3) is 0.857. The molecule has 7 heteroatoms. The van der Waals surface area contributed by atoms with Gasteiger partial charge in [-0.3, -0.25) is 0 Å². The number of carbonyl (C=O) groups is 1. The number of nitrogens with two attached hydrogens (primary N) is 1. The third-order valence-corrected chi connectivity index (χ3v) is 3.96. The van der Waals surface area contributed by atoms with Gasteiger partial charge in [0.1, 0.15) is 24.4 Å². The van der Waals surface area contributed by atoms with Crippen LogP contribution < -0.4 is 10.4 Å². The van der Waals surface area contributed by atoms with Crippen LogP contribution >= 0.6 is 0 Å². The van der Waals surface area contributed by atoms with Gasteiger partial charge < -0.3 is 20.0 Å². The number of methoxy groups -OCH3 is 1. The monoisotopic (exact) mass is 223 g/mol. The molecule has 1 aliphatic heterocycles. The Bertz CT molecular complexity index is 312. The molecule has 0 aliphatic carbocycles. The molecular weight excluding hydrogens is 210 g/mol. The highest BCUT2D eigenvalue weighted by atomic mass is 32.2. The Morgan fingerprint density at radius 1 is 1.57 bits per heavy atom. The lowest BCUT2D eigenvalue weighted by atomic mass is 10.2. The van der Waals surface area contributed by atoms with E-state index in [9.17, 15) is 18.3 Å². The number of aliphatic carboxylic acids is 1. The molecule has 1 aliphatic rings. The van der Waals surface area contributed by atoms with Gasteiger partial charge in [0.15, 0.2) is 9.84 Å². The second-order valence-electron chi connectivity index (χ2n) is 3.33. The Morgan fingerprint density at radius 2 is 2.21 bits per heavy atom. The third kappa shape index (κ3) is 2.93. The number of quaternary nitrogens is 1. The summed E-state index contributed by atoms with van der Waals surface area (Å²) in [7, 11) is -1.65. The molecule has 1 heterocycles. The maximum Gasteiger partial charge on any atom is 0.159 e. The van der Waals surface area contributed by atoms with Crippen molar-refractivity contribution in [3.63, 3.8) is 0 Å². The summed E-state index contributed by atoms with van der Waals surface area (Å²) in [6, 6.07) is -0.331. The molecule has 1 rings (SSSR count). The molecule has 6 nitrogen and oxygen atoms in total. The van der Waals surface area contributed by atoms with Crippen LogP contribution in [0.2, 0.25) is 0 Å². The number of sulfone groups is 1. The van der Waals surface area contributed by atoms with Crippen molar-refractivity contribution in [2.45, 2.75) is 12.1 Å². The number of carbonyl (C=O) groups excluding carboxylic acids is 1. The smallest absolute Gasteiger partial charge is 0.159 e. The maximum atomic E-state index is 11.2. The highest BCUT2D eigenvalue weighted by molar-refractivity contribution is 7.91. The second-order valence-corrected chi connectivity index (χ2v) is 5.48. The van der Waals surface area contributed by atoms with Gasteiger partial charge in [-0.05, 0) is 0 Å². The molecule has 1 saturated heterocycles. The Kier molecular flexibility index (Phi) is 3.46. The van der Waals surface area contributed by atoms with E-state index in [-0.39, 0.29) is 24.1 Å².